The minimum absolute atomic E-state index is 0.00906. The average molecular weight is 247 g/mol. The topological polar surface area (TPSA) is 78.9 Å². The van der Waals surface area contributed by atoms with Gasteiger partial charge in [0.2, 0.25) is 5.95 Å². The van der Waals surface area contributed by atoms with E-state index in [4.69, 9.17) is 11.1 Å². The first-order chi connectivity index (χ1) is 8.38. The van der Waals surface area contributed by atoms with Crippen molar-refractivity contribution < 1.29 is 0 Å². The first-order valence-corrected chi connectivity index (χ1v) is 6.30. The zero-order chi connectivity index (χ0) is 13.3. The number of hydrogen-bond acceptors (Lipinski definition) is 4. The zero-order valence-corrected chi connectivity index (χ0v) is 11.3. The molecule has 0 aromatic carbocycles. The maximum absolute atomic E-state index is 7.41. The summed E-state index contributed by atoms with van der Waals surface area (Å²) in [6.07, 6.45) is 2.83. The standard InChI is InChI=1S/C13H21N5/c1-13(2,3)9-5-7-18(8-9)12-16-6-4-10(17-12)11(14)15/h4,6,9H,5,7-8H2,1-3H3,(H3,14,15). The van der Waals surface area contributed by atoms with Crippen LogP contribution in [0.25, 0.3) is 0 Å². The maximum atomic E-state index is 7.41. The van der Waals surface area contributed by atoms with Crippen molar-refractivity contribution in [3.05, 3.63) is 18.0 Å². The largest absolute Gasteiger partial charge is 0.382 e. The molecule has 0 saturated carbocycles. The van der Waals surface area contributed by atoms with Crippen molar-refractivity contribution in [2.24, 2.45) is 17.1 Å². The van der Waals surface area contributed by atoms with Crippen LogP contribution in [0.3, 0.4) is 0 Å². The lowest BCUT2D eigenvalue weighted by Crippen LogP contribution is -2.27. The molecule has 1 aromatic rings. The molecular weight excluding hydrogens is 226 g/mol. The molecule has 1 aromatic heterocycles. The summed E-state index contributed by atoms with van der Waals surface area (Å²) in [5, 5.41) is 7.41. The van der Waals surface area contributed by atoms with Crippen LogP contribution in [-0.2, 0) is 0 Å². The molecule has 0 spiro atoms. The third-order valence-corrected chi connectivity index (χ3v) is 3.61. The molecule has 5 heteroatoms. The Balaban J connectivity index is 2.14. The number of nitrogens with one attached hydrogen (secondary N) is 1. The molecule has 3 N–H and O–H groups in total. The van der Waals surface area contributed by atoms with Crippen LogP contribution in [0.2, 0.25) is 0 Å². The second-order valence-electron chi connectivity index (χ2n) is 5.95. The highest BCUT2D eigenvalue weighted by atomic mass is 15.3. The number of nitrogens with zero attached hydrogens (tertiary/aromatic N) is 3. The predicted molar refractivity (Wildman–Crippen MR) is 72.8 cm³/mol. The van der Waals surface area contributed by atoms with Gasteiger partial charge < -0.3 is 10.6 Å². The Morgan fingerprint density at radius 3 is 2.78 bits per heavy atom. The lowest BCUT2D eigenvalue weighted by Gasteiger charge is -2.26. The molecule has 2 rings (SSSR count). The maximum Gasteiger partial charge on any atom is 0.225 e. The summed E-state index contributed by atoms with van der Waals surface area (Å²) in [6.45, 7) is 8.77. The number of nitrogen functional groups attached to an aromatic ring is 1. The fraction of sp³-hybridized carbons (Fsp3) is 0.615. The van der Waals surface area contributed by atoms with Crippen molar-refractivity contribution in [3.8, 4) is 0 Å². The van der Waals surface area contributed by atoms with Crippen LogP contribution < -0.4 is 10.6 Å². The minimum atomic E-state index is -0.00906. The van der Waals surface area contributed by atoms with Gasteiger partial charge in [-0.25, -0.2) is 9.97 Å². The van der Waals surface area contributed by atoms with E-state index in [1.807, 2.05) is 0 Å². The van der Waals surface area contributed by atoms with Gasteiger partial charge in [0, 0.05) is 19.3 Å². The Bertz CT molecular complexity index is 449. The number of hydrogen-bond donors (Lipinski definition) is 2. The Hall–Kier alpha value is -1.65. The molecule has 1 aliphatic heterocycles. The summed E-state index contributed by atoms with van der Waals surface area (Å²) in [7, 11) is 0. The Morgan fingerprint density at radius 1 is 1.50 bits per heavy atom. The lowest BCUT2D eigenvalue weighted by molar-refractivity contribution is 0.263. The molecular formula is C13H21N5. The van der Waals surface area contributed by atoms with E-state index in [1.165, 1.54) is 0 Å². The molecule has 0 aliphatic carbocycles. The molecule has 18 heavy (non-hydrogen) atoms. The second kappa shape index (κ2) is 4.55. The number of amidine groups is 1. The third kappa shape index (κ3) is 2.60. The van der Waals surface area contributed by atoms with Crippen molar-refractivity contribution in [3.63, 3.8) is 0 Å². The van der Waals surface area contributed by atoms with Crippen molar-refractivity contribution >= 4 is 11.8 Å². The number of anilines is 1. The zero-order valence-electron chi connectivity index (χ0n) is 11.3. The average Bonchev–Trinajstić information content (AvgIpc) is 2.78. The summed E-state index contributed by atoms with van der Waals surface area (Å²) in [4.78, 5) is 10.8. The lowest BCUT2D eigenvalue weighted by atomic mass is 9.80. The molecule has 98 valence electrons. The van der Waals surface area contributed by atoms with Gasteiger partial charge in [0.25, 0.3) is 0 Å². The molecule has 1 aliphatic rings. The van der Waals surface area contributed by atoms with Crippen LogP contribution in [0.5, 0.6) is 0 Å². The van der Waals surface area contributed by atoms with E-state index < -0.39 is 0 Å². The molecule has 5 nitrogen and oxygen atoms in total. The Kier molecular flexibility index (Phi) is 3.24. The van der Waals surface area contributed by atoms with E-state index >= 15 is 0 Å². The SMILES string of the molecule is CC(C)(C)C1CCN(c2nccc(C(=N)N)n2)C1. The van der Waals surface area contributed by atoms with Gasteiger partial charge in [-0.2, -0.15) is 0 Å². The number of rotatable bonds is 2. The van der Waals surface area contributed by atoms with Gasteiger partial charge in [-0.05, 0) is 23.8 Å². The summed E-state index contributed by atoms with van der Waals surface area (Å²) >= 11 is 0. The number of nitrogens with two attached hydrogens (primary N) is 1. The van der Waals surface area contributed by atoms with Crippen LogP contribution in [0, 0.1) is 16.7 Å². The first-order valence-electron chi connectivity index (χ1n) is 6.30. The van der Waals surface area contributed by atoms with E-state index in [1.54, 1.807) is 12.3 Å². The van der Waals surface area contributed by atoms with Crippen LogP contribution in [-0.4, -0.2) is 28.9 Å². The Morgan fingerprint density at radius 2 is 2.22 bits per heavy atom. The van der Waals surface area contributed by atoms with Crippen molar-refractivity contribution in [1.29, 1.82) is 5.41 Å². The van der Waals surface area contributed by atoms with E-state index in [-0.39, 0.29) is 5.84 Å². The number of aromatic nitrogens is 2. The van der Waals surface area contributed by atoms with Gasteiger partial charge >= 0.3 is 0 Å². The van der Waals surface area contributed by atoms with Gasteiger partial charge in [0.15, 0.2) is 0 Å². The molecule has 1 unspecified atom stereocenters. The van der Waals surface area contributed by atoms with Crippen molar-refractivity contribution in [1.82, 2.24) is 9.97 Å². The van der Waals surface area contributed by atoms with E-state index in [9.17, 15) is 0 Å². The molecule has 1 saturated heterocycles. The second-order valence-corrected chi connectivity index (χ2v) is 5.95. The molecule has 0 radical (unpaired) electrons. The monoisotopic (exact) mass is 247 g/mol. The molecule has 1 atom stereocenters. The van der Waals surface area contributed by atoms with E-state index in [0.717, 1.165) is 19.5 Å². The molecule has 1 fully saturated rings. The fourth-order valence-electron chi connectivity index (χ4n) is 2.30. The third-order valence-electron chi connectivity index (χ3n) is 3.61. The Labute approximate surface area is 108 Å². The van der Waals surface area contributed by atoms with E-state index in [0.29, 0.717) is 23.0 Å². The van der Waals surface area contributed by atoms with Crippen molar-refractivity contribution in [2.75, 3.05) is 18.0 Å². The van der Waals surface area contributed by atoms with Gasteiger partial charge in [0.05, 0.1) is 0 Å². The van der Waals surface area contributed by atoms with Crippen LogP contribution >= 0.6 is 0 Å². The van der Waals surface area contributed by atoms with Gasteiger partial charge in [-0.15, -0.1) is 0 Å². The highest BCUT2D eigenvalue weighted by Crippen LogP contribution is 2.34. The minimum Gasteiger partial charge on any atom is -0.382 e. The summed E-state index contributed by atoms with van der Waals surface area (Å²) < 4.78 is 0. The predicted octanol–water partition coefficient (Wildman–Crippen LogP) is 1.63. The molecule has 0 amide bonds. The highest BCUT2D eigenvalue weighted by Gasteiger charge is 2.32. The first kappa shape index (κ1) is 12.8. The normalized spacial score (nSPS) is 20.2. The fourth-order valence-corrected chi connectivity index (χ4v) is 2.30. The van der Waals surface area contributed by atoms with Crippen molar-refractivity contribution in [2.45, 2.75) is 27.2 Å². The van der Waals surface area contributed by atoms with Gasteiger partial charge in [-0.3, -0.25) is 5.41 Å². The summed E-state index contributed by atoms with van der Waals surface area (Å²) in [5.41, 5.74) is 6.26. The van der Waals surface area contributed by atoms with Crippen LogP contribution in [0.15, 0.2) is 12.3 Å². The quantitative estimate of drug-likeness (QED) is 0.615. The van der Waals surface area contributed by atoms with E-state index in [2.05, 4.69) is 35.6 Å². The van der Waals surface area contributed by atoms with Crippen LogP contribution in [0.4, 0.5) is 5.95 Å². The summed E-state index contributed by atoms with van der Waals surface area (Å²) in [6, 6.07) is 1.67. The molecule has 2 heterocycles. The van der Waals surface area contributed by atoms with Gasteiger partial charge in [0.1, 0.15) is 11.5 Å². The van der Waals surface area contributed by atoms with Crippen LogP contribution in [0.1, 0.15) is 32.9 Å². The summed E-state index contributed by atoms with van der Waals surface area (Å²) in [5.74, 6) is 1.33. The smallest absolute Gasteiger partial charge is 0.225 e. The highest BCUT2D eigenvalue weighted by molar-refractivity contribution is 5.93. The molecule has 0 bridgehead atoms. The van der Waals surface area contributed by atoms with Gasteiger partial charge in [-0.1, -0.05) is 20.8 Å².